The second-order valence-corrected chi connectivity index (χ2v) is 6.79. The van der Waals surface area contributed by atoms with Crippen LogP contribution in [-0.2, 0) is 17.6 Å². The van der Waals surface area contributed by atoms with E-state index in [1.54, 1.807) is 13.2 Å². The number of hydrogen-bond acceptors (Lipinski definition) is 6. The molecule has 8 heteroatoms. The second-order valence-electron chi connectivity index (χ2n) is 6.79. The van der Waals surface area contributed by atoms with Gasteiger partial charge in [-0.15, -0.1) is 0 Å². The Morgan fingerprint density at radius 1 is 1.19 bits per heavy atom. The Morgan fingerprint density at radius 3 is 2.62 bits per heavy atom. The number of nitrogens with one attached hydrogen (secondary N) is 2. The average Bonchev–Trinajstić information content (AvgIpc) is 2.96. The Balaban J connectivity index is 1.64. The molecule has 2 N–H and O–H groups in total. The number of aryl methyl sites for hydroxylation is 3. The number of hydrogen-bond donors (Lipinski definition) is 2. The molecule has 1 saturated heterocycles. The van der Waals surface area contributed by atoms with Crippen molar-refractivity contribution in [1.82, 2.24) is 25.1 Å². The zero-order valence-corrected chi connectivity index (χ0v) is 15.8. The van der Waals surface area contributed by atoms with Crippen LogP contribution in [0.1, 0.15) is 22.6 Å². The highest BCUT2D eigenvalue weighted by Crippen LogP contribution is 2.14. The Bertz CT molecular complexity index is 757. The predicted octanol–water partition coefficient (Wildman–Crippen LogP) is 0.663. The first-order valence-corrected chi connectivity index (χ1v) is 9.13. The van der Waals surface area contributed by atoms with Crippen LogP contribution in [0.25, 0.3) is 0 Å². The molecule has 0 unspecified atom stereocenters. The third kappa shape index (κ3) is 4.50. The highest BCUT2D eigenvalue weighted by Gasteiger charge is 2.19. The minimum atomic E-state index is -0.0903. The van der Waals surface area contributed by atoms with Gasteiger partial charge in [-0.1, -0.05) is 0 Å². The highest BCUT2D eigenvalue weighted by molar-refractivity contribution is 5.32. The first-order valence-electron chi connectivity index (χ1n) is 9.13. The molecular weight excluding hydrogens is 332 g/mol. The lowest BCUT2D eigenvalue weighted by molar-refractivity contribution is 0.143. The number of methoxy groups -OCH3 is 1. The Kier molecular flexibility index (Phi) is 6.05. The molecule has 3 rings (SSSR count). The molecular formula is C18H28N6O2. The third-order valence-electron chi connectivity index (χ3n) is 4.98. The van der Waals surface area contributed by atoms with Gasteiger partial charge in [-0.2, -0.15) is 5.10 Å². The second kappa shape index (κ2) is 8.46. The maximum absolute atomic E-state index is 12.1. The van der Waals surface area contributed by atoms with E-state index >= 15 is 0 Å². The van der Waals surface area contributed by atoms with Crippen LogP contribution in [0.2, 0.25) is 0 Å². The molecule has 0 bridgehead atoms. The van der Waals surface area contributed by atoms with Crippen LogP contribution in [0.3, 0.4) is 0 Å². The number of nitrogens with zero attached hydrogens (tertiary/aromatic N) is 4. The van der Waals surface area contributed by atoms with Gasteiger partial charge in [0, 0.05) is 51.6 Å². The van der Waals surface area contributed by atoms with Crippen molar-refractivity contribution in [2.24, 2.45) is 0 Å². The van der Waals surface area contributed by atoms with Gasteiger partial charge in [0.2, 0.25) is 5.95 Å². The van der Waals surface area contributed by atoms with Crippen LogP contribution in [0, 0.1) is 13.8 Å². The first-order chi connectivity index (χ1) is 12.6. The van der Waals surface area contributed by atoms with Crippen molar-refractivity contribution in [1.29, 1.82) is 0 Å². The van der Waals surface area contributed by atoms with Gasteiger partial charge in [0.25, 0.3) is 5.56 Å². The summed E-state index contributed by atoms with van der Waals surface area (Å²) in [6.45, 7) is 9.32. The molecule has 0 saturated carbocycles. The summed E-state index contributed by atoms with van der Waals surface area (Å²) in [5, 5.41) is 7.24. The molecule has 8 nitrogen and oxygen atoms in total. The van der Waals surface area contributed by atoms with Crippen LogP contribution in [0.4, 0.5) is 5.95 Å². The Hall–Kier alpha value is -2.19. The minimum Gasteiger partial charge on any atom is -0.383 e. The molecule has 0 aliphatic carbocycles. The molecule has 1 aliphatic rings. The summed E-state index contributed by atoms with van der Waals surface area (Å²) in [5.74, 6) is 0.680. The normalized spacial score (nSPS) is 15.6. The maximum Gasteiger partial charge on any atom is 0.252 e. The molecule has 2 aromatic heterocycles. The fourth-order valence-corrected chi connectivity index (χ4v) is 3.37. The van der Waals surface area contributed by atoms with Gasteiger partial charge in [0.15, 0.2) is 0 Å². The molecule has 1 aliphatic heterocycles. The fraction of sp³-hybridized carbons (Fsp3) is 0.611. The van der Waals surface area contributed by atoms with Crippen LogP contribution in [-0.4, -0.2) is 71.5 Å². The first kappa shape index (κ1) is 18.6. The van der Waals surface area contributed by atoms with Gasteiger partial charge in [-0.25, -0.2) is 4.98 Å². The summed E-state index contributed by atoms with van der Waals surface area (Å²) in [6, 6.07) is 1.60. The van der Waals surface area contributed by atoms with Gasteiger partial charge >= 0.3 is 0 Å². The van der Waals surface area contributed by atoms with E-state index in [2.05, 4.69) is 25.0 Å². The molecule has 0 radical (unpaired) electrons. The molecule has 2 aromatic rings. The lowest BCUT2D eigenvalue weighted by atomic mass is 10.1. The summed E-state index contributed by atoms with van der Waals surface area (Å²) in [7, 11) is 1.73. The molecule has 0 aromatic carbocycles. The molecule has 0 spiro atoms. The number of aromatic amines is 2. The summed E-state index contributed by atoms with van der Waals surface area (Å²) in [4.78, 5) is 24.2. The lowest BCUT2D eigenvalue weighted by Gasteiger charge is -2.34. The predicted molar refractivity (Wildman–Crippen MR) is 101 cm³/mol. The van der Waals surface area contributed by atoms with E-state index in [9.17, 15) is 4.79 Å². The van der Waals surface area contributed by atoms with Crippen molar-refractivity contribution in [3.63, 3.8) is 0 Å². The van der Waals surface area contributed by atoms with Crippen LogP contribution >= 0.6 is 0 Å². The van der Waals surface area contributed by atoms with Crippen molar-refractivity contribution < 1.29 is 4.74 Å². The summed E-state index contributed by atoms with van der Waals surface area (Å²) < 4.78 is 5.14. The highest BCUT2D eigenvalue weighted by atomic mass is 16.5. The molecule has 0 atom stereocenters. The SMILES string of the molecule is COCCN1CCN(c2nc(CCc3c(C)n[nH]c3C)cc(=O)[nH]2)CC1. The molecule has 3 heterocycles. The fourth-order valence-electron chi connectivity index (χ4n) is 3.37. The van der Waals surface area contributed by atoms with E-state index in [0.29, 0.717) is 5.95 Å². The largest absolute Gasteiger partial charge is 0.383 e. The quantitative estimate of drug-likeness (QED) is 0.754. The van der Waals surface area contributed by atoms with Crippen LogP contribution in [0.5, 0.6) is 0 Å². The number of piperazine rings is 1. The Labute approximate surface area is 153 Å². The number of ether oxygens (including phenoxy) is 1. The van der Waals surface area contributed by atoms with Crippen molar-refractivity contribution in [2.45, 2.75) is 26.7 Å². The van der Waals surface area contributed by atoms with E-state index in [4.69, 9.17) is 9.72 Å². The molecule has 0 amide bonds. The maximum atomic E-state index is 12.1. The van der Waals surface area contributed by atoms with Gasteiger partial charge in [0.1, 0.15) is 0 Å². The van der Waals surface area contributed by atoms with E-state index in [1.807, 2.05) is 13.8 Å². The van der Waals surface area contributed by atoms with Crippen molar-refractivity contribution >= 4 is 5.95 Å². The number of rotatable bonds is 7. The van der Waals surface area contributed by atoms with E-state index in [0.717, 1.165) is 69.3 Å². The van der Waals surface area contributed by atoms with Crippen LogP contribution in [0.15, 0.2) is 10.9 Å². The zero-order chi connectivity index (χ0) is 18.5. The van der Waals surface area contributed by atoms with Gasteiger partial charge in [-0.3, -0.25) is 19.8 Å². The average molecular weight is 360 g/mol. The number of H-pyrrole nitrogens is 2. The van der Waals surface area contributed by atoms with E-state index in [-0.39, 0.29) is 5.56 Å². The summed E-state index contributed by atoms with van der Waals surface area (Å²) >= 11 is 0. The lowest BCUT2D eigenvalue weighted by Crippen LogP contribution is -2.48. The molecule has 142 valence electrons. The van der Waals surface area contributed by atoms with Crippen molar-refractivity contribution in [3.8, 4) is 0 Å². The number of anilines is 1. The van der Waals surface area contributed by atoms with Gasteiger partial charge < -0.3 is 9.64 Å². The minimum absolute atomic E-state index is 0.0903. The van der Waals surface area contributed by atoms with Crippen molar-refractivity contribution in [3.05, 3.63) is 39.1 Å². The monoisotopic (exact) mass is 360 g/mol. The third-order valence-corrected chi connectivity index (χ3v) is 4.98. The molecule has 26 heavy (non-hydrogen) atoms. The van der Waals surface area contributed by atoms with Crippen LogP contribution < -0.4 is 10.5 Å². The summed E-state index contributed by atoms with van der Waals surface area (Å²) in [5.41, 5.74) is 4.04. The zero-order valence-electron chi connectivity index (χ0n) is 15.8. The number of aromatic nitrogens is 4. The smallest absolute Gasteiger partial charge is 0.252 e. The summed E-state index contributed by atoms with van der Waals surface area (Å²) in [6.07, 6.45) is 1.56. The topological polar surface area (TPSA) is 90.1 Å². The standard InChI is InChI=1S/C18H28N6O2/c1-13-16(14(2)22-21-13)5-4-15-12-17(25)20-18(19-15)24-8-6-23(7-9-24)10-11-26-3/h12H,4-11H2,1-3H3,(H,21,22)(H,19,20,25). The van der Waals surface area contributed by atoms with Crippen molar-refractivity contribution in [2.75, 3.05) is 51.3 Å². The van der Waals surface area contributed by atoms with E-state index in [1.165, 1.54) is 5.56 Å². The Morgan fingerprint density at radius 2 is 1.96 bits per heavy atom. The van der Waals surface area contributed by atoms with E-state index < -0.39 is 0 Å². The molecule has 1 fully saturated rings. The van der Waals surface area contributed by atoms with Gasteiger partial charge in [-0.05, 0) is 32.3 Å². The van der Waals surface area contributed by atoms with Gasteiger partial charge in [0.05, 0.1) is 18.0 Å².